The summed E-state index contributed by atoms with van der Waals surface area (Å²) in [5.74, 6) is 0.933. The second-order valence-electron chi connectivity index (χ2n) is 4.19. The zero-order valence-corrected chi connectivity index (χ0v) is 11.3. The molecule has 0 saturated heterocycles. The van der Waals surface area contributed by atoms with Gasteiger partial charge in [-0.1, -0.05) is 11.8 Å². The van der Waals surface area contributed by atoms with E-state index in [2.05, 4.69) is 21.4 Å². The van der Waals surface area contributed by atoms with E-state index in [0.717, 1.165) is 29.3 Å². The summed E-state index contributed by atoms with van der Waals surface area (Å²) in [6.07, 6.45) is 5.44. The second-order valence-corrected chi connectivity index (χ2v) is 5.25. The number of nitriles is 1. The summed E-state index contributed by atoms with van der Waals surface area (Å²) in [5, 5.41) is 12.8. The van der Waals surface area contributed by atoms with E-state index in [1.165, 1.54) is 0 Å². The van der Waals surface area contributed by atoms with E-state index in [1.807, 2.05) is 33.3 Å². The quantitative estimate of drug-likeness (QED) is 0.476. The molecule has 0 bridgehead atoms. The van der Waals surface area contributed by atoms with Gasteiger partial charge in [-0.3, -0.25) is 0 Å². The third-order valence-corrected chi connectivity index (χ3v) is 3.57. The molecular formula is C12H18N4S. The molecule has 92 valence electrons. The van der Waals surface area contributed by atoms with Gasteiger partial charge in [0.1, 0.15) is 5.54 Å². The van der Waals surface area contributed by atoms with Crippen molar-refractivity contribution < 1.29 is 0 Å². The van der Waals surface area contributed by atoms with Gasteiger partial charge in [0.05, 0.1) is 6.07 Å². The van der Waals surface area contributed by atoms with Crippen LogP contribution in [0.3, 0.4) is 0 Å². The lowest BCUT2D eigenvalue weighted by molar-refractivity contribution is 0.451. The monoisotopic (exact) mass is 250 g/mol. The number of nitrogens with zero attached hydrogens (tertiary/aromatic N) is 3. The van der Waals surface area contributed by atoms with Crippen molar-refractivity contribution >= 4 is 11.8 Å². The molecule has 0 aliphatic rings. The molecule has 0 fully saturated rings. The van der Waals surface area contributed by atoms with E-state index >= 15 is 0 Å². The minimum Gasteiger partial charge on any atom is -0.303 e. The van der Waals surface area contributed by atoms with Crippen LogP contribution in [0.25, 0.3) is 0 Å². The van der Waals surface area contributed by atoms with E-state index in [1.54, 1.807) is 11.8 Å². The predicted octanol–water partition coefficient (Wildman–Crippen LogP) is 2.16. The summed E-state index contributed by atoms with van der Waals surface area (Å²) in [5.41, 5.74) is 0.649. The van der Waals surface area contributed by atoms with Crippen LogP contribution >= 0.6 is 11.8 Å². The molecule has 1 rings (SSSR count). The molecule has 4 nitrogen and oxygen atoms in total. The number of aromatic nitrogens is 2. The molecule has 1 atom stereocenters. The summed E-state index contributed by atoms with van der Waals surface area (Å²) in [4.78, 5) is 8.45. The lowest BCUT2D eigenvalue weighted by Crippen LogP contribution is -2.37. The summed E-state index contributed by atoms with van der Waals surface area (Å²) in [7, 11) is 1.82. The molecule has 0 radical (unpaired) electrons. The van der Waals surface area contributed by atoms with Gasteiger partial charge in [-0.05, 0) is 39.3 Å². The van der Waals surface area contributed by atoms with Gasteiger partial charge in [0.25, 0.3) is 0 Å². The Kier molecular flexibility index (Phi) is 5.39. The van der Waals surface area contributed by atoms with Crippen LogP contribution in [0, 0.1) is 18.3 Å². The van der Waals surface area contributed by atoms with Gasteiger partial charge >= 0.3 is 0 Å². The number of hydrogen-bond donors (Lipinski definition) is 1. The summed E-state index contributed by atoms with van der Waals surface area (Å²) in [6, 6.07) is 2.28. The van der Waals surface area contributed by atoms with E-state index in [-0.39, 0.29) is 0 Å². The van der Waals surface area contributed by atoms with Crippen molar-refractivity contribution in [3.05, 3.63) is 18.0 Å². The van der Waals surface area contributed by atoms with E-state index in [9.17, 15) is 0 Å². The highest BCUT2D eigenvalue weighted by Crippen LogP contribution is 2.17. The Balaban J connectivity index is 2.29. The molecule has 0 aliphatic carbocycles. The minimum absolute atomic E-state index is 0.422. The number of rotatable bonds is 6. The fourth-order valence-corrected chi connectivity index (χ4v) is 2.01. The molecule has 1 unspecified atom stereocenters. The average molecular weight is 250 g/mol. The maximum absolute atomic E-state index is 8.99. The predicted molar refractivity (Wildman–Crippen MR) is 69.8 cm³/mol. The first-order valence-electron chi connectivity index (χ1n) is 5.61. The molecule has 0 aliphatic heterocycles. The zero-order chi connectivity index (χ0) is 12.7. The molecule has 0 saturated carbocycles. The first kappa shape index (κ1) is 13.9. The van der Waals surface area contributed by atoms with Crippen LogP contribution in [0.4, 0.5) is 0 Å². The molecule has 0 amide bonds. The first-order valence-corrected chi connectivity index (χ1v) is 6.60. The maximum Gasteiger partial charge on any atom is 0.187 e. The Morgan fingerprint density at radius 1 is 1.47 bits per heavy atom. The highest BCUT2D eigenvalue weighted by Gasteiger charge is 2.19. The lowest BCUT2D eigenvalue weighted by Gasteiger charge is -2.19. The van der Waals surface area contributed by atoms with E-state index in [0.29, 0.717) is 0 Å². The van der Waals surface area contributed by atoms with Crippen molar-refractivity contribution in [2.75, 3.05) is 12.8 Å². The molecule has 17 heavy (non-hydrogen) atoms. The average Bonchev–Trinajstić information content (AvgIpc) is 2.36. The number of aryl methyl sites for hydroxylation is 1. The first-order chi connectivity index (χ1) is 8.09. The Morgan fingerprint density at radius 3 is 2.65 bits per heavy atom. The Labute approximate surface area is 107 Å². The molecule has 1 aromatic rings. The van der Waals surface area contributed by atoms with Crippen LogP contribution in [0.2, 0.25) is 0 Å². The Hall–Kier alpha value is -1.12. The van der Waals surface area contributed by atoms with Gasteiger partial charge in [-0.15, -0.1) is 0 Å². The fourth-order valence-electron chi connectivity index (χ4n) is 1.28. The van der Waals surface area contributed by atoms with E-state index < -0.39 is 5.54 Å². The highest BCUT2D eigenvalue weighted by molar-refractivity contribution is 7.99. The van der Waals surface area contributed by atoms with Crippen LogP contribution in [0.15, 0.2) is 17.6 Å². The second kappa shape index (κ2) is 6.58. The standard InChI is InChI=1S/C12H18N4S/c1-10-7-15-11(16-8-10)17-6-4-5-12(2,9-13)14-3/h7-8,14H,4-6H2,1-3H3. The molecule has 1 aromatic heterocycles. The van der Waals surface area contributed by atoms with Crippen molar-refractivity contribution in [1.82, 2.24) is 15.3 Å². The normalized spacial score (nSPS) is 14.0. The van der Waals surface area contributed by atoms with Crippen LogP contribution < -0.4 is 5.32 Å². The van der Waals surface area contributed by atoms with Gasteiger partial charge in [0.15, 0.2) is 5.16 Å². The number of nitrogens with one attached hydrogen (secondary N) is 1. The van der Waals surface area contributed by atoms with Crippen LogP contribution in [0.5, 0.6) is 0 Å². The van der Waals surface area contributed by atoms with Gasteiger partial charge in [-0.25, -0.2) is 9.97 Å². The van der Waals surface area contributed by atoms with Crippen LogP contribution in [0.1, 0.15) is 25.3 Å². The van der Waals surface area contributed by atoms with Gasteiger partial charge in [-0.2, -0.15) is 5.26 Å². The molecule has 1 N–H and O–H groups in total. The van der Waals surface area contributed by atoms with E-state index in [4.69, 9.17) is 5.26 Å². The third kappa shape index (κ3) is 4.72. The van der Waals surface area contributed by atoms with Crippen LogP contribution in [-0.2, 0) is 0 Å². The molecule has 0 aromatic carbocycles. The minimum atomic E-state index is -0.422. The third-order valence-electron chi connectivity index (χ3n) is 2.61. The lowest BCUT2D eigenvalue weighted by atomic mass is 9.99. The number of hydrogen-bond acceptors (Lipinski definition) is 5. The van der Waals surface area contributed by atoms with Crippen molar-refractivity contribution in [3.8, 4) is 6.07 Å². The van der Waals surface area contributed by atoms with Crippen molar-refractivity contribution in [1.29, 1.82) is 5.26 Å². The van der Waals surface area contributed by atoms with Crippen molar-refractivity contribution in [2.45, 2.75) is 37.4 Å². The smallest absolute Gasteiger partial charge is 0.187 e. The van der Waals surface area contributed by atoms with Gasteiger partial charge in [0, 0.05) is 18.1 Å². The SMILES string of the molecule is CNC(C)(C#N)CCCSc1ncc(C)cn1. The Bertz CT molecular complexity index is 384. The molecule has 0 spiro atoms. The zero-order valence-electron chi connectivity index (χ0n) is 10.5. The van der Waals surface area contributed by atoms with Crippen LogP contribution in [-0.4, -0.2) is 28.3 Å². The van der Waals surface area contributed by atoms with Crippen molar-refractivity contribution in [2.24, 2.45) is 0 Å². The van der Waals surface area contributed by atoms with Crippen molar-refractivity contribution in [3.63, 3.8) is 0 Å². The molecular weight excluding hydrogens is 232 g/mol. The summed E-state index contributed by atoms with van der Waals surface area (Å²) < 4.78 is 0. The summed E-state index contributed by atoms with van der Waals surface area (Å²) >= 11 is 1.63. The summed E-state index contributed by atoms with van der Waals surface area (Å²) in [6.45, 7) is 3.89. The van der Waals surface area contributed by atoms with Gasteiger partial charge < -0.3 is 5.32 Å². The Morgan fingerprint density at radius 2 is 2.12 bits per heavy atom. The fraction of sp³-hybridized carbons (Fsp3) is 0.583. The van der Waals surface area contributed by atoms with Gasteiger partial charge in [0.2, 0.25) is 0 Å². The highest BCUT2D eigenvalue weighted by atomic mass is 32.2. The maximum atomic E-state index is 8.99. The largest absolute Gasteiger partial charge is 0.303 e. The number of thioether (sulfide) groups is 1. The molecule has 1 heterocycles. The topological polar surface area (TPSA) is 61.6 Å². The molecule has 5 heteroatoms.